The lowest BCUT2D eigenvalue weighted by molar-refractivity contribution is -0.165. The molecule has 2 amide bonds. The zero-order valence-corrected chi connectivity index (χ0v) is 12.1. The van der Waals surface area contributed by atoms with Crippen molar-refractivity contribution >= 4 is 17.8 Å². The number of hydrogen-bond acceptors (Lipinski definition) is 3. The second kappa shape index (κ2) is 5.28. The number of likely N-dealkylation sites (tertiary alicyclic amines) is 1. The Labute approximate surface area is 124 Å². The zero-order valence-electron chi connectivity index (χ0n) is 12.1. The van der Waals surface area contributed by atoms with Gasteiger partial charge >= 0.3 is 5.97 Å². The molecule has 114 valence electrons. The molecule has 0 aromatic heterocycles. The fraction of sp³-hybridized carbons (Fsp3) is 0.688. The Morgan fingerprint density at radius 1 is 1.00 bits per heavy atom. The Hall–Kier alpha value is -1.65. The summed E-state index contributed by atoms with van der Waals surface area (Å²) in [6.07, 6.45) is 9.22. The summed E-state index contributed by atoms with van der Waals surface area (Å²) in [7, 11) is 0. The van der Waals surface area contributed by atoms with Crippen LogP contribution in [0.2, 0.25) is 0 Å². The number of hydrogen-bond donors (Lipinski definition) is 1. The highest BCUT2D eigenvalue weighted by Gasteiger charge is 2.58. The molecular formula is C16H21NO4. The van der Waals surface area contributed by atoms with Crippen LogP contribution in [0.3, 0.4) is 0 Å². The summed E-state index contributed by atoms with van der Waals surface area (Å²) < 4.78 is 0. The van der Waals surface area contributed by atoms with E-state index >= 15 is 0 Å². The van der Waals surface area contributed by atoms with Crippen molar-refractivity contribution in [2.45, 2.75) is 56.9 Å². The molecule has 0 radical (unpaired) electrons. The van der Waals surface area contributed by atoms with Gasteiger partial charge in [-0.1, -0.05) is 37.8 Å². The first-order chi connectivity index (χ1) is 10.1. The van der Waals surface area contributed by atoms with Crippen LogP contribution in [-0.2, 0) is 14.4 Å². The van der Waals surface area contributed by atoms with Crippen molar-refractivity contribution in [1.29, 1.82) is 0 Å². The summed E-state index contributed by atoms with van der Waals surface area (Å²) in [5, 5.41) is 9.78. The maximum Gasteiger partial charge on any atom is 0.330 e. The van der Waals surface area contributed by atoms with E-state index in [1.807, 2.05) is 12.2 Å². The molecule has 1 saturated heterocycles. The number of fused-ring (bicyclic) bond motifs is 1. The minimum Gasteiger partial charge on any atom is -0.479 e. The molecule has 1 saturated carbocycles. The maximum absolute atomic E-state index is 12.7. The van der Waals surface area contributed by atoms with Crippen molar-refractivity contribution in [3.63, 3.8) is 0 Å². The summed E-state index contributed by atoms with van der Waals surface area (Å²) in [6, 6.07) is 0. The lowest BCUT2D eigenvalue weighted by atomic mass is 9.85. The standard InChI is InChI=1S/C16H21NO4/c18-13-11-7-3-4-8-12(11)14(19)17(13)16(15(20)21)9-5-1-2-6-10-16/h3-4,11-12H,1-2,5-10H2,(H,20,21). The molecule has 0 bridgehead atoms. The van der Waals surface area contributed by atoms with Crippen LogP contribution in [0.15, 0.2) is 12.2 Å². The van der Waals surface area contributed by atoms with E-state index in [0.717, 1.165) is 30.6 Å². The smallest absolute Gasteiger partial charge is 0.330 e. The molecule has 2 fully saturated rings. The van der Waals surface area contributed by atoms with Gasteiger partial charge < -0.3 is 5.11 Å². The number of imide groups is 1. The van der Waals surface area contributed by atoms with Gasteiger partial charge in [0.05, 0.1) is 11.8 Å². The zero-order chi connectivity index (χ0) is 15.0. The summed E-state index contributed by atoms with van der Waals surface area (Å²) in [5.74, 6) is -2.24. The number of amides is 2. The number of allylic oxidation sites excluding steroid dienone is 2. The van der Waals surface area contributed by atoms with E-state index in [2.05, 4.69) is 0 Å². The molecule has 0 spiro atoms. The van der Waals surface area contributed by atoms with E-state index in [1.165, 1.54) is 0 Å². The second-order valence-electron chi connectivity index (χ2n) is 6.42. The normalized spacial score (nSPS) is 31.9. The molecule has 2 aliphatic carbocycles. The second-order valence-corrected chi connectivity index (χ2v) is 6.42. The average molecular weight is 291 g/mol. The van der Waals surface area contributed by atoms with E-state index in [4.69, 9.17) is 0 Å². The number of aliphatic carboxylic acids is 1. The molecule has 0 aromatic carbocycles. The molecule has 1 aliphatic heterocycles. The topological polar surface area (TPSA) is 74.7 Å². The minimum atomic E-state index is -1.30. The van der Waals surface area contributed by atoms with Crippen molar-refractivity contribution in [3.8, 4) is 0 Å². The highest BCUT2D eigenvalue weighted by Crippen LogP contribution is 2.43. The average Bonchev–Trinajstić information content (AvgIpc) is 2.67. The Kier molecular flexibility index (Phi) is 3.59. The molecule has 0 aromatic rings. The van der Waals surface area contributed by atoms with E-state index < -0.39 is 11.5 Å². The van der Waals surface area contributed by atoms with Crippen LogP contribution in [0.5, 0.6) is 0 Å². The number of carboxylic acid groups (broad SMARTS) is 1. The maximum atomic E-state index is 12.7. The van der Waals surface area contributed by atoms with Crippen LogP contribution in [0.25, 0.3) is 0 Å². The third-order valence-corrected chi connectivity index (χ3v) is 5.26. The molecule has 5 nitrogen and oxygen atoms in total. The predicted molar refractivity (Wildman–Crippen MR) is 75.3 cm³/mol. The fourth-order valence-corrected chi connectivity index (χ4v) is 4.07. The highest BCUT2D eigenvalue weighted by molar-refractivity contribution is 6.09. The molecule has 5 heteroatoms. The fourth-order valence-electron chi connectivity index (χ4n) is 4.07. The van der Waals surface area contributed by atoms with Gasteiger partial charge in [-0.05, 0) is 25.7 Å². The van der Waals surface area contributed by atoms with E-state index in [9.17, 15) is 19.5 Å². The van der Waals surface area contributed by atoms with Crippen molar-refractivity contribution < 1.29 is 19.5 Å². The Balaban J connectivity index is 1.98. The van der Waals surface area contributed by atoms with E-state index in [0.29, 0.717) is 25.7 Å². The van der Waals surface area contributed by atoms with Crippen molar-refractivity contribution in [1.82, 2.24) is 4.90 Å². The van der Waals surface area contributed by atoms with Gasteiger partial charge in [-0.3, -0.25) is 14.5 Å². The summed E-state index contributed by atoms with van der Waals surface area (Å²) >= 11 is 0. The third kappa shape index (κ3) is 2.10. The van der Waals surface area contributed by atoms with Crippen molar-refractivity contribution in [2.75, 3.05) is 0 Å². The van der Waals surface area contributed by atoms with Gasteiger partial charge in [0.1, 0.15) is 5.54 Å². The molecule has 1 N–H and O–H groups in total. The number of carboxylic acids is 1. The Bertz CT molecular complexity index is 476. The quantitative estimate of drug-likeness (QED) is 0.480. The number of carbonyl (C=O) groups is 3. The van der Waals surface area contributed by atoms with Gasteiger partial charge in [0.2, 0.25) is 11.8 Å². The Morgan fingerprint density at radius 3 is 1.90 bits per heavy atom. The minimum absolute atomic E-state index is 0.265. The number of carbonyl (C=O) groups excluding carboxylic acids is 2. The van der Waals surface area contributed by atoms with Gasteiger partial charge in [-0.25, -0.2) is 4.79 Å². The molecule has 1 heterocycles. The number of rotatable bonds is 2. The van der Waals surface area contributed by atoms with Gasteiger partial charge in [0.25, 0.3) is 0 Å². The lowest BCUT2D eigenvalue weighted by Gasteiger charge is -2.36. The lowest BCUT2D eigenvalue weighted by Crippen LogP contribution is -2.57. The Morgan fingerprint density at radius 2 is 1.48 bits per heavy atom. The molecule has 21 heavy (non-hydrogen) atoms. The predicted octanol–water partition coefficient (Wildman–Crippen LogP) is 2.12. The molecule has 2 unspecified atom stereocenters. The first-order valence-electron chi connectivity index (χ1n) is 7.84. The van der Waals surface area contributed by atoms with Gasteiger partial charge in [0.15, 0.2) is 0 Å². The van der Waals surface area contributed by atoms with Crippen molar-refractivity contribution in [3.05, 3.63) is 12.2 Å². The molecule has 3 rings (SSSR count). The van der Waals surface area contributed by atoms with E-state index in [-0.39, 0.29) is 23.7 Å². The van der Waals surface area contributed by atoms with Gasteiger partial charge in [-0.2, -0.15) is 0 Å². The SMILES string of the molecule is O=C1C2CC=CCC2C(=O)N1C1(C(=O)O)CCCCCC1. The first-order valence-corrected chi connectivity index (χ1v) is 7.84. The monoisotopic (exact) mass is 291 g/mol. The van der Waals surface area contributed by atoms with Crippen LogP contribution in [0.1, 0.15) is 51.4 Å². The summed E-state index contributed by atoms with van der Waals surface area (Å²) in [4.78, 5) is 38.5. The highest BCUT2D eigenvalue weighted by atomic mass is 16.4. The first kappa shape index (κ1) is 14.3. The third-order valence-electron chi connectivity index (χ3n) is 5.26. The van der Waals surface area contributed by atoms with Gasteiger partial charge in [0, 0.05) is 0 Å². The summed E-state index contributed by atoms with van der Waals surface area (Å²) in [6.45, 7) is 0. The van der Waals surface area contributed by atoms with Crippen LogP contribution in [-0.4, -0.2) is 33.3 Å². The van der Waals surface area contributed by atoms with Crippen LogP contribution in [0, 0.1) is 11.8 Å². The van der Waals surface area contributed by atoms with Crippen LogP contribution < -0.4 is 0 Å². The molecule has 2 atom stereocenters. The number of nitrogens with zero attached hydrogens (tertiary/aromatic N) is 1. The summed E-state index contributed by atoms with van der Waals surface area (Å²) in [5.41, 5.74) is -1.30. The molecule has 3 aliphatic rings. The van der Waals surface area contributed by atoms with E-state index in [1.54, 1.807) is 0 Å². The van der Waals surface area contributed by atoms with Crippen LogP contribution in [0.4, 0.5) is 0 Å². The largest absolute Gasteiger partial charge is 0.479 e. The molecular weight excluding hydrogens is 270 g/mol. The van der Waals surface area contributed by atoms with Crippen molar-refractivity contribution in [2.24, 2.45) is 11.8 Å². The van der Waals surface area contributed by atoms with Gasteiger partial charge in [-0.15, -0.1) is 0 Å². The van der Waals surface area contributed by atoms with Crippen LogP contribution >= 0.6 is 0 Å².